The third-order valence-electron chi connectivity index (χ3n) is 4.66. The van der Waals surface area contributed by atoms with Gasteiger partial charge in [0.05, 0.1) is 12.3 Å². The Balaban J connectivity index is 1.59. The van der Waals surface area contributed by atoms with Crippen LogP contribution in [-0.2, 0) is 12.8 Å². The van der Waals surface area contributed by atoms with Crippen molar-refractivity contribution in [1.29, 1.82) is 0 Å². The van der Waals surface area contributed by atoms with Crippen LogP contribution < -0.4 is 10.1 Å². The maximum absolute atomic E-state index is 12.5. The highest BCUT2D eigenvalue weighted by molar-refractivity contribution is 6.04. The fourth-order valence-electron chi connectivity index (χ4n) is 3.10. The largest absolute Gasteiger partial charge is 0.494 e. The van der Waals surface area contributed by atoms with Crippen LogP contribution in [0.25, 0.3) is 0 Å². The van der Waals surface area contributed by atoms with Crippen molar-refractivity contribution >= 4 is 11.8 Å². The second-order valence-corrected chi connectivity index (χ2v) is 6.82. The number of carbonyl (C=O) groups is 1. The van der Waals surface area contributed by atoms with Gasteiger partial charge in [-0.1, -0.05) is 31.8 Å². The molecule has 3 rings (SSSR count). The molecule has 1 aromatic carbocycles. The monoisotopic (exact) mass is 342 g/mol. The molecular weight excluding hydrogens is 316 g/mol. The highest BCUT2D eigenvalue weighted by Gasteiger charge is 2.24. The molecule has 0 bridgehead atoms. The molecule has 1 atom stereocenters. The fraction of sp³-hybridized carbons (Fsp3) is 0.500. The summed E-state index contributed by atoms with van der Waals surface area (Å²) in [5, 5.41) is 6.95. The highest BCUT2D eigenvalue weighted by Crippen LogP contribution is 2.30. The fourth-order valence-corrected chi connectivity index (χ4v) is 3.10. The third kappa shape index (κ3) is 4.41. The Bertz CT molecular complexity index is 706. The number of anilines is 1. The average Bonchev–Trinajstić information content (AvgIpc) is 3.01. The lowest BCUT2D eigenvalue weighted by Crippen LogP contribution is -2.15. The summed E-state index contributed by atoms with van der Waals surface area (Å²) in [6.45, 7) is 5.09. The van der Waals surface area contributed by atoms with Gasteiger partial charge < -0.3 is 9.26 Å². The van der Waals surface area contributed by atoms with Crippen LogP contribution >= 0.6 is 0 Å². The molecule has 1 heterocycles. The number of fused-ring (bicyclic) bond motifs is 1. The minimum Gasteiger partial charge on any atom is -0.494 e. The summed E-state index contributed by atoms with van der Waals surface area (Å²) in [5.41, 5.74) is 2.60. The average molecular weight is 342 g/mol. The Kier molecular flexibility index (Phi) is 5.74. The first-order valence-electron chi connectivity index (χ1n) is 9.19. The highest BCUT2D eigenvalue weighted by atomic mass is 16.5. The maximum Gasteiger partial charge on any atom is 0.258 e. The molecule has 0 saturated carbocycles. The van der Waals surface area contributed by atoms with E-state index in [0.717, 1.165) is 42.7 Å². The van der Waals surface area contributed by atoms with Gasteiger partial charge in [-0.15, -0.1) is 0 Å². The van der Waals surface area contributed by atoms with Gasteiger partial charge in [0.2, 0.25) is 5.88 Å². The van der Waals surface area contributed by atoms with Gasteiger partial charge in [0.15, 0.2) is 0 Å². The van der Waals surface area contributed by atoms with E-state index in [2.05, 4.69) is 24.3 Å². The second kappa shape index (κ2) is 8.19. The number of carbonyl (C=O) groups excluding carboxylic acids is 1. The summed E-state index contributed by atoms with van der Waals surface area (Å²) in [4.78, 5) is 12.5. The first-order valence-corrected chi connectivity index (χ1v) is 9.19. The zero-order chi connectivity index (χ0) is 17.6. The number of rotatable bonds is 7. The van der Waals surface area contributed by atoms with Gasteiger partial charge in [0, 0.05) is 11.1 Å². The quantitative estimate of drug-likeness (QED) is 0.746. The number of hydrogen-bond donors (Lipinski definition) is 1. The third-order valence-corrected chi connectivity index (χ3v) is 4.66. The van der Waals surface area contributed by atoms with E-state index < -0.39 is 0 Å². The number of amides is 1. The molecular formula is C20H26N2O3. The van der Waals surface area contributed by atoms with Crippen LogP contribution in [0.2, 0.25) is 0 Å². The topological polar surface area (TPSA) is 64.4 Å². The first-order chi connectivity index (χ1) is 12.2. The van der Waals surface area contributed by atoms with Crippen molar-refractivity contribution in [1.82, 2.24) is 5.16 Å². The molecule has 1 unspecified atom stereocenters. The molecule has 5 nitrogen and oxygen atoms in total. The molecule has 25 heavy (non-hydrogen) atoms. The molecule has 0 spiro atoms. The van der Waals surface area contributed by atoms with Crippen molar-refractivity contribution in [2.45, 2.75) is 52.4 Å². The van der Waals surface area contributed by atoms with E-state index in [4.69, 9.17) is 9.26 Å². The number of ether oxygens (including phenoxy) is 1. The Morgan fingerprint density at radius 2 is 2.12 bits per heavy atom. The molecule has 1 amide bonds. The van der Waals surface area contributed by atoms with Crippen molar-refractivity contribution in [2.24, 2.45) is 5.92 Å². The molecule has 1 aliphatic carbocycles. The molecule has 5 heteroatoms. The number of unbranched alkanes of at least 4 members (excludes halogenated alkanes) is 2. The van der Waals surface area contributed by atoms with Crippen LogP contribution in [0.4, 0.5) is 5.88 Å². The van der Waals surface area contributed by atoms with Crippen molar-refractivity contribution in [3.8, 4) is 5.75 Å². The van der Waals surface area contributed by atoms with Crippen LogP contribution in [0.5, 0.6) is 5.75 Å². The van der Waals surface area contributed by atoms with Crippen molar-refractivity contribution in [2.75, 3.05) is 11.9 Å². The van der Waals surface area contributed by atoms with Crippen molar-refractivity contribution < 1.29 is 14.1 Å². The standard InChI is InChI=1S/C20H26N2O3/c1-3-4-5-12-24-16-9-7-15(8-10-16)19(23)21-20-17-13-14(2)6-11-18(17)22-25-20/h7-10,14H,3-6,11-13H2,1-2H3,(H,21,23). The lowest BCUT2D eigenvalue weighted by Gasteiger charge is -2.16. The smallest absolute Gasteiger partial charge is 0.258 e. The van der Waals surface area contributed by atoms with Crippen LogP contribution in [0, 0.1) is 5.92 Å². The van der Waals surface area contributed by atoms with Gasteiger partial charge in [-0.25, -0.2) is 0 Å². The van der Waals surface area contributed by atoms with Crippen LogP contribution in [-0.4, -0.2) is 17.7 Å². The molecule has 1 aliphatic rings. The molecule has 1 N–H and O–H groups in total. The first kappa shape index (κ1) is 17.5. The number of hydrogen-bond acceptors (Lipinski definition) is 4. The Hall–Kier alpha value is -2.30. The summed E-state index contributed by atoms with van der Waals surface area (Å²) in [6, 6.07) is 7.21. The minimum atomic E-state index is -0.185. The minimum absolute atomic E-state index is 0.185. The summed E-state index contributed by atoms with van der Waals surface area (Å²) in [7, 11) is 0. The van der Waals surface area contributed by atoms with Gasteiger partial charge in [-0.3, -0.25) is 10.1 Å². The van der Waals surface area contributed by atoms with Gasteiger partial charge in [0.25, 0.3) is 5.91 Å². The number of aromatic nitrogens is 1. The Morgan fingerprint density at radius 3 is 2.88 bits per heavy atom. The maximum atomic E-state index is 12.5. The lowest BCUT2D eigenvalue weighted by atomic mass is 9.89. The molecule has 0 fully saturated rings. The van der Waals surface area contributed by atoms with Gasteiger partial charge >= 0.3 is 0 Å². The van der Waals surface area contributed by atoms with Crippen LogP contribution in [0.3, 0.4) is 0 Å². The predicted molar refractivity (Wildman–Crippen MR) is 97.1 cm³/mol. The second-order valence-electron chi connectivity index (χ2n) is 6.82. The summed E-state index contributed by atoms with van der Waals surface area (Å²) in [5.74, 6) is 1.69. The van der Waals surface area contributed by atoms with E-state index in [9.17, 15) is 4.79 Å². The molecule has 1 aromatic heterocycles. The van der Waals surface area contributed by atoms with Crippen LogP contribution in [0.1, 0.15) is 61.1 Å². The Morgan fingerprint density at radius 1 is 1.32 bits per heavy atom. The number of nitrogens with one attached hydrogen (secondary N) is 1. The summed E-state index contributed by atoms with van der Waals surface area (Å²) < 4.78 is 11.0. The van der Waals surface area contributed by atoms with E-state index >= 15 is 0 Å². The summed E-state index contributed by atoms with van der Waals surface area (Å²) in [6.07, 6.45) is 6.33. The zero-order valence-electron chi connectivity index (χ0n) is 15.0. The van der Waals surface area contributed by atoms with Crippen molar-refractivity contribution in [3.63, 3.8) is 0 Å². The SMILES string of the molecule is CCCCCOc1ccc(C(=O)Nc2onc3c2CC(C)CC3)cc1. The van der Waals surface area contributed by atoms with Crippen LogP contribution in [0.15, 0.2) is 28.8 Å². The van der Waals surface area contributed by atoms with E-state index in [1.807, 2.05) is 12.1 Å². The molecule has 2 aromatic rings. The molecule has 0 saturated heterocycles. The van der Waals surface area contributed by atoms with E-state index in [1.54, 1.807) is 12.1 Å². The van der Waals surface area contributed by atoms with Gasteiger partial charge in [-0.2, -0.15) is 0 Å². The normalized spacial score (nSPS) is 16.3. The predicted octanol–water partition coefficient (Wildman–Crippen LogP) is 4.62. The van der Waals surface area contributed by atoms with Gasteiger partial charge in [-0.05, 0) is 55.9 Å². The lowest BCUT2D eigenvalue weighted by molar-refractivity contribution is 0.102. The van der Waals surface area contributed by atoms with Crippen molar-refractivity contribution in [3.05, 3.63) is 41.1 Å². The number of nitrogens with zero attached hydrogens (tertiary/aromatic N) is 1. The zero-order valence-corrected chi connectivity index (χ0v) is 15.0. The van der Waals surface area contributed by atoms with E-state index in [0.29, 0.717) is 24.0 Å². The van der Waals surface area contributed by atoms with Gasteiger partial charge in [0.1, 0.15) is 5.75 Å². The number of aryl methyl sites for hydroxylation is 1. The molecule has 134 valence electrons. The summed E-state index contributed by atoms with van der Waals surface area (Å²) >= 11 is 0. The Labute approximate surface area is 148 Å². The molecule has 0 radical (unpaired) electrons. The molecule has 0 aliphatic heterocycles. The van der Waals surface area contributed by atoms with E-state index in [1.165, 1.54) is 12.8 Å². The number of benzene rings is 1. The van der Waals surface area contributed by atoms with E-state index in [-0.39, 0.29) is 5.91 Å².